The summed E-state index contributed by atoms with van der Waals surface area (Å²) in [6.07, 6.45) is 0. The van der Waals surface area contributed by atoms with E-state index >= 15 is 0 Å². The van der Waals surface area contributed by atoms with Gasteiger partial charge in [-0.3, -0.25) is 0 Å². The Balaban J connectivity index is 2.68. The van der Waals surface area contributed by atoms with Gasteiger partial charge in [-0.1, -0.05) is 52.5 Å². The monoisotopic (exact) mass is 291 g/mol. The van der Waals surface area contributed by atoms with Crippen LogP contribution in [0.5, 0.6) is 0 Å². The van der Waals surface area contributed by atoms with Gasteiger partial charge >= 0.3 is 0 Å². The summed E-state index contributed by atoms with van der Waals surface area (Å²) in [7, 11) is 0. The molecule has 0 aliphatic heterocycles. The van der Waals surface area contributed by atoms with Crippen molar-refractivity contribution in [2.45, 2.75) is 0 Å². The summed E-state index contributed by atoms with van der Waals surface area (Å²) < 4.78 is 0. The van der Waals surface area contributed by atoms with Gasteiger partial charge in [0.05, 0.1) is 10.0 Å². The molecule has 1 aromatic carbocycles. The van der Waals surface area contributed by atoms with E-state index in [4.69, 9.17) is 46.4 Å². The predicted octanol–water partition coefficient (Wildman–Crippen LogP) is 5.36. The fourth-order valence-electron chi connectivity index (χ4n) is 1.35. The lowest BCUT2D eigenvalue weighted by atomic mass is 10.1. The van der Waals surface area contributed by atoms with Crippen molar-refractivity contribution in [2.75, 3.05) is 0 Å². The highest BCUT2D eigenvalue weighted by Gasteiger charge is 2.12. The maximum atomic E-state index is 6.07. The number of pyridine rings is 1. The minimum Gasteiger partial charge on any atom is -0.224 e. The first kappa shape index (κ1) is 12.0. The quantitative estimate of drug-likeness (QED) is 0.645. The second kappa shape index (κ2) is 4.80. The molecule has 1 aromatic heterocycles. The van der Waals surface area contributed by atoms with Crippen molar-refractivity contribution >= 4 is 46.4 Å². The van der Waals surface area contributed by atoms with E-state index < -0.39 is 0 Å². The highest BCUT2D eigenvalue weighted by molar-refractivity contribution is 6.41. The van der Waals surface area contributed by atoms with Gasteiger partial charge in [-0.05, 0) is 24.3 Å². The number of nitrogens with zero attached hydrogens (tertiary/aromatic N) is 1. The Morgan fingerprint density at radius 2 is 1.44 bits per heavy atom. The van der Waals surface area contributed by atoms with Gasteiger partial charge in [0.2, 0.25) is 0 Å². The molecule has 1 nitrogen and oxygen atoms in total. The van der Waals surface area contributed by atoms with Crippen LogP contribution in [0.25, 0.3) is 11.1 Å². The maximum Gasteiger partial charge on any atom is 0.138 e. The molecule has 0 aliphatic carbocycles. The highest BCUT2D eigenvalue weighted by Crippen LogP contribution is 2.37. The zero-order valence-electron chi connectivity index (χ0n) is 7.85. The largest absolute Gasteiger partial charge is 0.224 e. The van der Waals surface area contributed by atoms with Crippen LogP contribution in [0.4, 0.5) is 0 Å². The minimum absolute atomic E-state index is 0.280. The molecule has 0 saturated carbocycles. The molecule has 0 unspecified atom stereocenters. The Morgan fingerprint density at radius 3 is 2.00 bits per heavy atom. The summed E-state index contributed by atoms with van der Waals surface area (Å²) in [6.45, 7) is 0. The maximum absolute atomic E-state index is 6.07. The van der Waals surface area contributed by atoms with E-state index in [2.05, 4.69) is 4.98 Å². The third kappa shape index (κ3) is 2.28. The molecule has 0 saturated heterocycles. The van der Waals surface area contributed by atoms with Gasteiger partial charge in [-0.15, -0.1) is 0 Å². The first-order chi connectivity index (χ1) is 7.59. The van der Waals surface area contributed by atoms with E-state index in [1.54, 1.807) is 30.3 Å². The molecule has 82 valence electrons. The van der Waals surface area contributed by atoms with E-state index in [1.165, 1.54) is 0 Å². The molecule has 16 heavy (non-hydrogen) atoms. The second-order valence-corrected chi connectivity index (χ2v) is 4.63. The van der Waals surface area contributed by atoms with E-state index in [0.717, 1.165) is 0 Å². The smallest absolute Gasteiger partial charge is 0.138 e. The van der Waals surface area contributed by atoms with E-state index in [1.807, 2.05) is 0 Å². The first-order valence-corrected chi connectivity index (χ1v) is 5.87. The fraction of sp³-hybridized carbons (Fsp3) is 0. The summed E-state index contributed by atoms with van der Waals surface area (Å²) in [5.74, 6) is 0. The molecule has 0 N–H and O–H groups in total. The summed E-state index contributed by atoms with van der Waals surface area (Å²) in [6, 6.07) is 8.64. The standard InChI is InChI=1S/C11H5Cl4N/c12-7-2-1-3-8(13)10(7)6-4-5-9(14)16-11(6)15/h1-5H. The Bertz CT molecular complexity index is 519. The number of benzene rings is 1. The number of rotatable bonds is 1. The molecule has 0 fully saturated rings. The van der Waals surface area contributed by atoms with Crippen molar-refractivity contribution in [2.24, 2.45) is 0 Å². The Kier molecular flexibility index (Phi) is 3.60. The molecule has 1 heterocycles. The molecule has 2 rings (SSSR count). The van der Waals surface area contributed by atoms with Crippen LogP contribution in [0.3, 0.4) is 0 Å². The molecule has 5 heteroatoms. The van der Waals surface area contributed by atoms with Crippen LogP contribution in [0, 0.1) is 0 Å². The van der Waals surface area contributed by atoms with Crippen LogP contribution in [0.1, 0.15) is 0 Å². The van der Waals surface area contributed by atoms with Crippen LogP contribution in [0.2, 0.25) is 20.4 Å². The average molecular weight is 293 g/mol. The molecule has 0 radical (unpaired) electrons. The van der Waals surface area contributed by atoms with E-state index in [9.17, 15) is 0 Å². The minimum atomic E-state index is 0.280. The lowest BCUT2D eigenvalue weighted by Gasteiger charge is -2.08. The van der Waals surface area contributed by atoms with Crippen molar-refractivity contribution in [3.05, 3.63) is 50.7 Å². The van der Waals surface area contributed by atoms with Crippen molar-refractivity contribution < 1.29 is 0 Å². The first-order valence-electron chi connectivity index (χ1n) is 4.36. The van der Waals surface area contributed by atoms with Crippen LogP contribution < -0.4 is 0 Å². The van der Waals surface area contributed by atoms with E-state index in [0.29, 0.717) is 26.3 Å². The third-order valence-electron chi connectivity index (χ3n) is 2.05. The molecular formula is C11H5Cl4N. The SMILES string of the molecule is Clc1ccc(-c2c(Cl)cccc2Cl)c(Cl)n1. The summed E-state index contributed by atoms with van der Waals surface area (Å²) in [4.78, 5) is 3.95. The predicted molar refractivity (Wildman–Crippen MR) is 69.7 cm³/mol. The van der Waals surface area contributed by atoms with Crippen LogP contribution >= 0.6 is 46.4 Å². The van der Waals surface area contributed by atoms with Gasteiger partial charge in [-0.25, -0.2) is 4.98 Å². The summed E-state index contributed by atoms with van der Waals surface area (Å²) in [5, 5.41) is 1.66. The van der Waals surface area contributed by atoms with Gasteiger partial charge in [0.25, 0.3) is 0 Å². The number of halogens is 4. The Morgan fingerprint density at radius 1 is 0.812 bits per heavy atom. The lowest BCUT2D eigenvalue weighted by Crippen LogP contribution is -1.86. The number of aromatic nitrogens is 1. The summed E-state index contributed by atoms with van der Waals surface area (Å²) >= 11 is 23.9. The average Bonchev–Trinajstić information content (AvgIpc) is 2.20. The van der Waals surface area contributed by atoms with Crippen molar-refractivity contribution in [1.82, 2.24) is 4.98 Å². The van der Waals surface area contributed by atoms with Crippen LogP contribution in [0.15, 0.2) is 30.3 Å². The molecule has 0 aliphatic rings. The molecular weight excluding hydrogens is 288 g/mol. The lowest BCUT2D eigenvalue weighted by molar-refractivity contribution is 1.33. The van der Waals surface area contributed by atoms with Gasteiger partial charge in [-0.2, -0.15) is 0 Å². The molecule has 0 atom stereocenters. The molecule has 2 aromatic rings. The van der Waals surface area contributed by atoms with Crippen molar-refractivity contribution in [3.63, 3.8) is 0 Å². The van der Waals surface area contributed by atoms with Gasteiger partial charge in [0, 0.05) is 11.1 Å². The fourth-order valence-corrected chi connectivity index (χ4v) is 2.39. The molecule has 0 spiro atoms. The van der Waals surface area contributed by atoms with Crippen molar-refractivity contribution in [1.29, 1.82) is 0 Å². The molecule has 0 amide bonds. The number of hydrogen-bond acceptors (Lipinski definition) is 1. The number of hydrogen-bond donors (Lipinski definition) is 0. The van der Waals surface area contributed by atoms with E-state index in [-0.39, 0.29) is 5.15 Å². The molecule has 0 bridgehead atoms. The van der Waals surface area contributed by atoms with Gasteiger partial charge in [0.1, 0.15) is 10.3 Å². The topological polar surface area (TPSA) is 12.9 Å². The van der Waals surface area contributed by atoms with Crippen LogP contribution in [-0.2, 0) is 0 Å². The summed E-state index contributed by atoms with van der Waals surface area (Å²) in [5.41, 5.74) is 1.33. The Labute approximate surface area is 113 Å². The second-order valence-electron chi connectivity index (χ2n) is 3.07. The zero-order chi connectivity index (χ0) is 11.7. The zero-order valence-corrected chi connectivity index (χ0v) is 10.9. The highest BCUT2D eigenvalue weighted by atomic mass is 35.5. The van der Waals surface area contributed by atoms with Crippen molar-refractivity contribution in [3.8, 4) is 11.1 Å². The third-order valence-corrected chi connectivity index (χ3v) is 3.18. The van der Waals surface area contributed by atoms with Crippen LogP contribution in [-0.4, -0.2) is 4.98 Å². The normalized spacial score (nSPS) is 10.5. The van der Waals surface area contributed by atoms with Gasteiger partial charge < -0.3 is 0 Å². The Hall–Kier alpha value is -0.470. The van der Waals surface area contributed by atoms with Gasteiger partial charge in [0.15, 0.2) is 0 Å².